The molecule has 0 radical (unpaired) electrons. The first-order valence-corrected chi connectivity index (χ1v) is 5.25. The molecule has 1 unspecified atom stereocenters. The fraction of sp³-hybridized carbons (Fsp3) is 0.429. The van der Waals surface area contributed by atoms with E-state index in [0.29, 0.717) is 0 Å². The topological polar surface area (TPSA) is 118 Å². The van der Waals surface area contributed by atoms with E-state index in [4.69, 9.17) is 9.66 Å². The summed E-state index contributed by atoms with van der Waals surface area (Å²) in [5, 5.41) is 6.22. The molecular weight excluding hydrogens is 274 g/mol. The quantitative estimate of drug-likeness (QED) is 0.216. The van der Waals surface area contributed by atoms with Crippen molar-refractivity contribution in [2.45, 2.75) is 11.7 Å². The van der Waals surface area contributed by atoms with Gasteiger partial charge in [-0.2, -0.15) is 8.42 Å². The molecule has 0 aromatic carbocycles. The maximum absolute atomic E-state index is 11.0. The Morgan fingerprint density at radius 2 is 1.88 bits per heavy atom. The van der Waals surface area contributed by atoms with E-state index in [1.54, 1.807) is 0 Å². The Balaban J connectivity index is -0.000000163. The van der Waals surface area contributed by atoms with E-state index >= 15 is 0 Å². The van der Waals surface area contributed by atoms with Gasteiger partial charge in [0.15, 0.2) is 5.25 Å². The standard InChI is InChI=1S/C7H10O7S.2Na.2H/c1-2-3-14-7(10)5(4-6(8)9)15(11,12)13;;;;/h2,5H,1,3-4H2,(H,8,9)(H,11,12,13);;;;/q;2*+1;2*-1. The van der Waals surface area contributed by atoms with Crippen molar-refractivity contribution in [1.29, 1.82) is 0 Å². The van der Waals surface area contributed by atoms with Gasteiger partial charge in [-0.25, -0.2) is 0 Å². The Hall–Kier alpha value is 0.590. The number of carbonyl (C=O) groups is 2. The summed E-state index contributed by atoms with van der Waals surface area (Å²) in [7, 11) is -4.78. The van der Waals surface area contributed by atoms with Gasteiger partial charge in [0.05, 0.1) is 6.42 Å². The molecule has 0 bridgehead atoms. The zero-order valence-electron chi connectivity index (χ0n) is 11.6. The van der Waals surface area contributed by atoms with Crippen LogP contribution in [0.4, 0.5) is 0 Å². The van der Waals surface area contributed by atoms with Crippen molar-refractivity contribution < 1.29 is 94.4 Å². The van der Waals surface area contributed by atoms with Gasteiger partial charge >= 0.3 is 71.1 Å². The molecule has 0 saturated carbocycles. The van der Waals surface area contributed by atoms with Gasteiger partial charge in [0, 0.05) is 0 Å². The normalized spacial score (nSPS) is 11.4. The van der Waals surface area contributed by atoms with Crippen LogP contribution in [0.5, 0.6) is 0 Å². The minimum atomic E-state index is -4.78. The first-order valence-electron chi connectivity index (χ1n) is 3.74. The molecule has 90 valence electrons. The van der Waals surface area contributed by atoms with Crippen LogP contribution in [0, 0.1) is 0 Å². The molecule has 0 aliphatic rings. The zero-order chi connectivity index (χ0) is 12.1. The molecular formula is C7H12Na2O7S. The Labute approximate surface area is 146 Å². The van der Waals surface area contributed by atoms with Crippen LogP contribution >= 0.6 is 0 Å². The molecule has 0 rings (SSSR count). The molecule has 0 aliphatic heterocycles. The summed E-state index contributed by atoms with van der Waals surface area (Å²) in [5.41, 5.74) is 0. The second kappa shape index (κ2) is 10.5. The Morgan fingerprint density at radius 1 is 1.41 bits per heavy atom. The molecule has 10 heteroatoms. The minimum Gasteiger partial charge on any atom is -1.00 e. The Morgan fingerprint density at radius 3 is 2.18 bits per heavy atom. The number of hydrogen-bond acceptors (Lipinski definition) is 5. The summed E-state index contributed by atoms with van der Waals surface area (Å²) < 4.78 is 34.2. The summed E-state index contributed by atoms with van der Waals surface area (Å²) in [6.45, 7) is 2.95. The van der Waals surface area contributed by atoms with E-state index in [1.807, 2.05) is 0 Å². The van der Waals surface area contributed by atoms with Crippen LogP contribution in [0.1, 0.15) is 9.27 Å². The fourth-order valence-electron chi connectivity index (χ4n) is 0.703. The average Bonchev–Trinajstić information content (AvgIpc) is 2.08. The third kappa shape index (κ3) is 10.2. The number of carboxylic acids is 1. The molecule has 0 amide bonds. The smallest absolute Gasteiger partial charge is 1.00 e. The Kier molecular flexibility index (Phi) is 14.1. The van der Waals surface area contributed by atoms with Crippen LogP contribution in [0.15, 0.2) is 12.7 Å². The third-order valence-corrected chi connectivity index (χ3v) is 2.40. The predicted molar refractivity (Wildman–Crippen MR) is 51.0 cm³/mol. The van der Waals surface area contributed by atoms with Crippen molar-refractivity contribution in [2.24, 2.45) is 0 Å². The van der Waals surface area contributed by atoms with E-state index in [2.05, 4.69) is 11.3 Å². The van der Waals surface area contributed by atoms with Gasteiger partial charge < -0.3 is 12.7 Å². The maximum Gasteiger partial charge on any atom is 1.00 e. The molecule has 0 aromatic heterocycles. The van der Waals surface area contributed by atoms with Gasteiger partial charge in [0.25, 0.3) is 10.1 Å². The van der Waals surface area contributed by atoms with Crippen LogP contribution in [0.25, 0.3) is 0 Å². The first-order chi connectivity index (χ1) is 6.79. The summed E-state index contributed by atoms with van der Waals surface area (Å²) in [6, 6.07) is 0. The van der Waals surface area contributed by atoms with Crippen LogP contribution in [0.2, 0.25) is 0 Å². The van der Waals surface area contributed by atoms with Gasteiger partial charge in [0.1, 0.15) is 6.61 Å². The Bertz CT molecular complexity index is 374. The number of rotatable bonds is 6. The molecule has 1 atom stereocenters. The number of esters is 1. The monoisotopic (exact) mass is 286 g/mol. The first kappa shape index (κ1) is 22.7. The van der Waals surface area contributed by atoms with E-state index in [9.17, 15) is 18.0 Å². The SMILES string of the molecule is C=CCOC(=O)C(CC(=O)O)S(=O)(=O)O.[H-].[H-].[Na+].[Na+]. The number of aliphatic carboxylic acids is 1. The van der Waals surface area contributed by atoms with Gasteiger partial charge in [-0.1, -0.05) is 12.7 Å². The maximum atomic E-state index is 11.0. The van der Waals surface area contributed by atoms with Crippen molar-refractivity contribution in [2.75, 3.05) is 6.61 Å². The van der Waals surface area contributed by atoms with E-state index in [1.165, 1.54) is 6.08 Å². The van der Waals surface area contributed by atoms with Crippen LogP contribution < -0.4 is 59.1 Å². The van der Waals surface area contributed by atoms with E-state index in [0.717, 1.165) is 0 Å². The number of carboxylic acid groups (broad SMARTS) is 1. The second-order valence-corrected chi connectivity index (χ2v) is 4.12. The molecule has 17 heavy (non-hydrogen) atoms. The van der Waals surface area contributed by atoms with Crippen LogP contribution in [-0.4, -0.2) is 41.9 Å². The number of ether oxygens (including phenoxy) is 1. The van der Waals surface area contributed by atoms with Gasteiger partial charge in [0.2, 0.25) is 0 Å². The second-order valence-electron chi connectivity index (χ2n) is 2.52. The van der Waals surface area contributed by atoms with Gasteiger partial charge in [-0.3, -0.25) is 14.1 Å². The molecule has 0 heterocycles. The van der Waals surface area contributed by atoms with Crippen molar-refractivity contribution in [3.8, 4) is 0 Å². The van der Waals surface area contributed by atoms with E-state index in [-0.39, 0.29) is 68.6 Å². The predicted octanol–water partition coefficient (Wildman–Crippen LogP) is -6.32. The van der Waals surface area contributed by atoms with Crippen molar-refractivity contribution in [3.05, 3.63) is 12.7 Å². The van der Waals surface area contributed by atoms with E-state index < -0.39 is 33.7 Å². The average molecular weight is 286 g/mol. The van der Waals surface area contributed by atoms with Crippen LogP contribution in [0.3, 0.4) is 0 Å². The summed E-state index contributed by atoms with van der Waals surface area (Å²) in [4.78, 5) is 21.2. The minimum absolute atomic E-state index is 0. The van der Waals surface area contributed by atoms with Crippen molar-refractivity contribution >= 4 is 22.1 Å². The zero-order valence-corrected chi connectivity index (χ0v) is 14.4. The molecule has 0 aromatic rings. The molecule has 0 fully saturated rings. The van der Waals surface area contributed by atoms with Gasteiger partial charge in [-0.15, -0.1) is 0 Å². The largest absolute Gasteiger partial charge is 1.00 e. The van der Waals surface area contributed by atoms with Gasteiger partial charge in [-0.05, 0) is 0 Å². The molecule has 7 nitrogen and oxygen atoms in total. The summed E-state index contributed by atoms with van der Waals surface area (Å²) >= 11 is 0. The van der Waals surface area contributed by atoms with Crippen molar-refractivity contribution in [3.63, 3.8) is 0 Å². The summed E-state index contributed by atoms with van der Waals surface area (Å²) in [6.07, 6.45) is 0.133. The summed E-state index contributed by atoms with van der Waals surface area (Å²) in [5.74, 6) is -2.85. The molecule has 2 N–H and O–H groups in total. The van der Waals surface area contributed by atoms with Crippen LogP contribution in [-0.2, 0) is 24.4 Å². The third-order valence-electron chi connectivity index (χ3n) is 1.33. The van der Waals surface area contributed by atoms with Crippen molar-refractivity contribution in [1.82, 2.24) is 0 Å². The molecule has 0 aliphatic carbocycles. The fourth-order valence-corrected chi connectivity index (χ4v) is 1.37. The number of hydrogen-bond donors (Lipinski definition) is 2. The molecule has 0 spiro atoms. The molecule has 0 saturated heterocycles. The number of carbonyl (C=O) groups excluding carboxylic acids is 1.